The molecule has 1 saturated carbocycles. The number of anilines is 1. The quantitative estimate of drug-likeness (QED) is 0.683. The monoisotopic (exact) mass is 311 g/mol. The van der Waals surface area contributed by atoms with Crippen molar-refractivity contribution in [3.63, 3.8) is 0 Å². The molecule has 1 aromatic carbocycles. The van der Waals surface area contributed by atoms with Crippen molar-refractivity contribution in [2.75, 3.05) is 11.0 Å². The number of esters is 1. The zero-order chi connectivity index (χ0) is 15.4. The molecule has 1 N–H and O–H groups in total. The van der Waals surface area contributed by atoms with Crippen LogP contribution in [0.3, 0.4) is 0 Å². The van der Waals surface area contributed by atoms with Gasteiger partial charge in [-0.05, 0) is 31.9 Å². The third kappa shape index (κ3) is 3.54. The summed E-state index contributed by atoms with van der Waals surface area (Å²) < 4.78 is 5.98. The van der Waals surface area contributed by atoms with Crippen molar-refractivity contribution in [3.05, 3.63) is 30.3 Å². The molecular weight excluding hydrogens is 294 g/mol. The Labute approximate surface area is 128 Å². The number of ether oxygens (including phenoxy) is 1. The lowest BCUT2D eigenvalue weighted by Gasteiger charge is -2.21. The summed E-state index contributed by atoms with van der Waals surface area (Å²) in [4.78, 5) is 24.4. The van der Waals surface area contributed by atoms with Crippen LogP contribution < -0.4 is 4.42 Å². The summed E-state index contributed by atoms with van der Waals surface area (Å²) in [5, 5.41) is 9.77. The minimum absolute atomic E-state index is 0.221. The molecule has 0 heterocycles. The molecule has 114 valence electrons. The molecule has 21 heavy (non-hydrogen) atoms. The van der Waals surface area contributed by atoms with Gasteiger partial charge in [0.05, 0.1) is 30.2 Å². The van der Waals surface area contributed by atoms with Crippen LogP contribution in [0.25, 0.3) is 0 Å². The van der Waals surface area contributed by atoms with Crippen LogP contribution in [-0.2, 0) is 14.3 Å². The number of benzene rings is 1. The average Bonchev–Trinajstić information content (AvgIpc) is 2.89. The molecule has 2 rings (SSSR count). The number of rotatable bonds is 4. The van der Waals surface area contributed by atoms with E-state index in [1.807, 2.05) is 6.07 Å². The van der Waals surface area contributed by atoms with Crippen molar-refractivity contribution in [2.45, 2.75) is 25.9 Å². The minimum atomic E-state index is -0.686. The van der Waals surface area contributed by atoms with Crippen LogP contribution in [0.5, 0.6) is 0 Å². The Kier molecular flexibility index (Phi) is 5.20. The third-order valence-corrected chi connectivity index (χ3v) is 3.98. The van der Waals surface area contributed by atoms with E-state index in [1.165, 1.54) is 0 Å². The van der Waals surface area contributed by atoms with E-state index in [-0.39, 0.29) is 19.4 Å². The molecule has 0 bridgehead atoms. The molecule has 1 aliphatic rings. The Morgan fingerprint density at radius 3 is 2.52 bits per heavy atom. The van der Waals surface area contributed by atoms with E-state index >= 15 is 0 Å². The van der Waals surface area contributed by atoms with E-state index in [9.17, 15) is 14.7 Å². The van der Waals surface area contributed by atoms with Gasteiger partial charge in [0.2, 0.25) is 5.91 Å². The standard InChI is InChI=1S/C15H18ClNO4/c1-2-21-15(20)13-9-11(18)8-12(13)14(19)17(16)10-6-4-3-5-7-10/h3-7,11-13,18H,2,8-9H2,1H3. The molecule has 6 heteroatoms. The lowest BCUT2D eigenvalue weighted by atomic mass is 9.95. The fraction of sp³-hybridized carbons (Fsp3) is 0.467. The third-order valence-electron chi connectivity index (χ3n) is 3.62. The number of hydrogen-bond donors (Lipinski definition) is 1. The van der Waals surface area contributed by atoms with Gasteiger partial charge in [0.25, 0.3) is 0 Å². The molecule has 0 radical (unpaired) electrons. The minimum Gasteiger partial charge on any atom is -0.466 e. The first-order chi connectivity index (χ1) is 10.0. The van der Waals surface area contributed by atoms with Crippen LogP contribution >= 0.6 is 11.8 Å². The van der Waals surface area contributed by atoms with Crippen LogP contribution in [-0.4, -0.2) is 29.7 Å². The molecule has 0 aromatic heterocycles. The highest BCUT2D eigenvalue weighted by Crippen LogP contribution is 2.36. The fourth-order valence-electron chi connectivity index (χ4n) is 2.63. The summed E-state index contributed by atoms with van der Waals surface area (Å²) in [6.45, 7) is 1.95. The summed E-state index contributed by atoms with van der Waals surface area (Å²) in [6, 6.07) is 8.76. The van der Waals surface area contributed by atoms with Crippen molar-refractivity contribution < 1.29 is 19.4 Å². The van der Waals surface area contributed by atoms with Crippen molar-refractivity contribution in [1.82, 2.24) is 0 Å². The van der Waals surface area contributed by atoms with Crippen molar-refractivity contribution in [3.8, 4) is 0 Å². The molecule has 0 aliphatic heterocycles. The lowest BCUT2D eigenvalue weighted by Crippen LogP contribution is -2.34. The Morgan fingerprint density at radius 2 is 1.90 bits per heavy atom. The van der Waals surface area contributed by atoms with Gasteiger partial charge in [0.1, 0.15) is 0 Å². The number of carbonyl (C=O) groups excluding carboxylic acids is 2. The number of nitrogens with zero attached hydrogens (tertiary/aromatic N) is 1. The molecule has 1 aliphatic carbocycles. The van der Waals surface area contributed by atoms with Crippen molar-refractivity contribution >= 4 is 29.3 Å². The SMILES string of the molecule is CCOC(=O)C1CC(O)CC1C(=O)N(Cl)c1ccccc1. The number of para-hydroxylation sites is 1. The second kappa shape index (κ2) is 6.91. The first-order valence-electron chi connectivity index (χ1n) is 6.94. The van der Waals surface area contributed by atoms with E-state index in [4.69, 9.17) is 16.5 Å². The number of halogens is 1. The van der Waals surface area contributed by atoms with Gasteiger partial charge in [-0.3, -0.25) is 9.59 Å². The Balaban J connectivity index is 2.14. The topological polar surface area (TPSA) is 66.8 Å². The number of carbonyl (C=O) groups is 2. The maximum absolute atomic E-state index is 12.5. The summed E-state index contributed by atoms with van der Waals surface area (Å²) in [6.07, 6.45) is -0.234. The molecule has 0 saturated heterocycles. The van der Waals surface area contributed by atoms with Crippen LogP contribution in [0, 0.1) is 11.8 Å². The predicted molar refractivity (Wildman–Crippen MR) is 78.6 cm³/mol. The van der Waals surface area contributed by atoms with Gasteiger partial charge >= 0.3 is 5.97 Å². The summed E-state index contributed by atoms with van der Waals surface area (Å²) in [5.74, 6) is -2.14. The highest BCUT2D eigenvalue weighted by atomic mass is 35.5. The molecule has 3 atom stereocenters. The summed E-state index contributed by atoms with van der Waals surface area (Å²) >= 11 is 6.08. The largest absolute Gasteiger partial charge is 0.466 e. The zero-order valence-electron chi connectivity index (χ0n) is 11.7. The second-order valence-corrected chi connectivity index (χ2v) is 5.38. The van der Waals surface area contributed by atoms with Crippen molar-refractivity contribution in [1.29, 1.82) is 0 Å². The van der Waals surface area contributed by atoms with Crippen LogP contribution in [0.1, 0.15) is 19.8 Å². The molecule has 5 nitrogen and oxygen atoms in total. The normalized spacial score (nSPS) is 24.6. The first kappa shape index (κ1) is 15.8. The first-order valence-corrected chi connectivity index (χ1v) is 7.28. The van der Waals surface area contributed by atoms with Crippen molar-refractivity contribution in [2.24, 2.45) is 11.8 Å². The molecular formula is C15H18ClNO4. The Hall–Kier alpha value is -1.59. The molecule has 1 aromatic rings. The Bertz CT molecular complexity index is 508. The summed E-state index contributed by atoms with van der Waals surface area (Å²) in [5.41, 5.74) is 0.535. The number of amides is 1. The lowest BCUT2D eigenvalue weighted by molar-refractivity contribution is -0.151. The van der Waals surface area contributed by atoms with Gasteiger partial charge < -0.3 is 9.84 Å². The fourth-order valence-corrected chi connectivity index (χ4v) is 2.86. The van der Waals surface area contributed by atoms with Gasteiger partial charge in [-0.15, -0.1) is 0 Å². The zero-order valence-corrected chi connectivity index (χ0v) is 12.5. The Morgan fingerprint density at radius 1 is 1.29 bits per heavy atom. The second-order valence-electron chi connectivity index (χ2n) is 5.04. The van der Waals surface area contributed by atoms with Gasteiger partial charge in [0.15, 0.2) is 0 Å². The molecule has 3 unspecified atom stereocenters. The van der Waals surface area contributed by atoms with E-state index in [2.05, 4.69) is 0 Å². The maximum Gasteiger partial charge on any atom is 0.309 e. The van der Waals surface area contributed by atoms with Gasteiger partial charge in [0, 0.05) is 11.8 Å². The van der Waals surface area contributed by atoms with Gasteiger partial charge in [-0.2, -0.15) is 0 Å². The van der Waals surface area contributed by atoms with Gasteiger partial charge in [-0.25, -0.2) is 4.42 Å². The van der Waals surface area contributed by atoms with E-state index in [0.29, 0.717) is 5.69 Å². The number of hydrogen-bond acceptors (Lipinski definition) is 4. The summed E-state index contributed by atoms with van der Waals surface area (Å²) in [7, 11) is 0. The van der Waals surface area contributed by atoms with Gasteiger partial charge in [-0.1, -0.05) is 18.2 Å². The molecule has 1 amide bonds. The number of aliphatic hydroxyl groups is 1. The van der Waals surface area contributed by atoms with E-state index in [1.54, 1.807) is 31.2 Å². The molecule has 0 spiro atoms. The molecule has 1 fully saturated rings. The van der Waals surface area contributed by atoms with E-state index in [0.717, 1.165) is 4.42 Å². The highest BCUT2D eigenvalue weighted by molar-refractivity contribution is 6.37. The average molecular weight is 312 g/mol. The number of aliphatic hydroxyl groups excluding tert-OH is 1. The maximum atomic E-state index is 12.5. The van der Waals surface area contributed by atoms with Crippen LogP contribution in [0.4, 0.5) is 5.69 Å². The van der Waals surface area contributed by atoms with E-state index < -0.39 is 29.8 Å². The van der Waals surface area contributed by atoms with Crippen LogP contribution in [0.15, 0.2) is 30.3 Å². The highest BCUT2D eigenvalue weighted by Gasteiger charge is 2.44. The predicted octanol–water partition coefficient (Wildman–Crippen LogP) is 2.12. The van der Waals surface area contributed by atoms with Crippen LogP contribution in [0.2, 0.25) is 0 Å². The smallest absolute Gasteiger partial charge is 0.309 e.